The van der Waals surface area contributed by atoms with Gasteiger partial charge in [0.05, 0.1) is 17.4 Å². The highest BCUT2D eigenvalue weighted by Gasteiger charge is 2.15. The quantitative estimate of drug-likeness (QED) is 0.727. The van der Waals surface area contributed by atoms with Crippen LogP contribution in [0.15, 0.2) is 59.4 Å². The topological polar surface area (TPSA) is 104 Å². The normalized spacial score (nSPS) is 11.9. The molecule has 0 aliphatic carbocycles. The van der Waals surface area contributed by atoms with Gasteiger partial charge in [-0.1, -0.05) is 48.5 Å². The smallest absolute Gasteiger partial charge is 0.275 e. The minimum Gasteiger partial charge on any atom is -0.543 e. The van der Waals surface area contributed by atoms with Gasteiger partial charge in [-0.3, -0.25) is 9.59 Å². The Bertz CT molecular complexity index is 1030. The van der Waals surface area contributed by atoms with Gasteiger partial charge in [0.15, 0.2) is 0 Å². The molecule has 1 aromatic heterocycles. The van der Waals surface area contributed by atoms with E-state index in [2.05, 4.69) is 10.4 Å². The molecule has 0 aliphatic rings. The molecule has 132 valence electrons. The van der Waals surface area contributed by atoms with Gasteiger partial charge in [-0.05, 0) is 18.6 Å². The van der Waals surface area contributed by atoms with Crippen molar-refractivity contribution < 1.29 is 14.7 Å². The molecular weight excluding hydrogens is 334 g/mol. The van der Waals surface area contributed by atoms with Crippen LogP contribution in [0.1, 0.15) is 29.0 Å². The van der Waals surface area contributed by atoms with Gasteiger partial charge in [-0.2, -0.15) is 5.10 Å². The maximum Gasteiger partial charge on any atom is 0.275 e. The van der Waals surface area contributed by atoms with Crippen molar-refractivity contribution in [3.63, 3.8) is 0 Å². The molecule has 7 heteroatoms. The Morgan fingerprint density at radius 1 is 1.08 bits per heavy atom. The standard InChI is InChI=1S/C19H17N3O4/c1-12(13-7-3-2-4-8-13)20-16(23)11-22-18(24)15-10-6-5-9-14(15)17(21-22)19(25)26/h2-10,12H,11H2,1H3,(H,20,23)(H,25,26)/p-1/t12-/m1/s1. The molecule has 2 aromatic carbocycles. The summed E-state index contributed by atoms with van der Waals surface area (Å²) in [6.45, 7) is 1.43. The molecule has 26 heavy (non-hydrogen) atoms. The maximum atomic E-state index is 12.5. The van der Waals surface area contributed by atoms with E-state index < -0.39 is 17.4 Å². The predicted molar refractivity (Wildman–Crippen MR) is 93.3 cm³/mol. The van der Waals surface area contributed by atoms with Crippen LogP contribution in [0.25, 0.3) is 10.8 Å². The molecule has 0 radical (unpaired) electrons. The van der Waals surface area contributed by atoms with E-state index in [1.165, 1.54) is 12.1 Å². The SMILES string of the molecule is C[C@@H](NC(=O)Cn1nc(C(=O)[O-])c2ccccc2c1=O)c1ccccc1. The lowest BCUT2D eigenvalue weighted by atomic mass is 10.1. The van der Waals surface area contributed by atoms with Crippen LogP contribution in [0.2, 0.25) is 0 Å². The second-order valence-electron chi connectivity index (χ2n) is 5.84. The zero-order valence-electron chi connectivity index (χ0n) is 14.0. The van der Waals surface area contributed by atoms with Gasteiger partial charge in [0.1, 0.15) is 12.2 Å². The van der Waals surface area contributed by atoms with Crippen LogP contribution in [0, 0.1) is 0 Å². The number of carbonyl (C=O) groups is 2. The lowest BCUT2D eigenvalue weighted by Gasteiger charge is -2.15. The molecule has 0 spiro atoms. The van der Waals surface area contributed by atoms with Crippen molar-refractivity contribution >= 4 is 22.6 Å². The van der Waals surface area contributed by atoms with E-state index in [0.717, 1.165) is 10.2 Å². The van der Waals surface area contributed by atoms with E-state index in [1.807, 2.05) is 37.3 Å². The van der Waals surface area contributed by atoms with Crippen molar-refractivity contribution in [3.05, 3.63) is 76.2 Å². The largest absolute Gasteiger partial charge is 0.543 e. The van der Waals surface area contributed by atoms with Crippen LogP contribution in [0.3, 0.4) is 0 Å². The van der Waals surface area contributed by atoms with Crippen molar-refractivity contribution in [1.29, 1.82) is 0 Å². The molecule has 7 nitrogen and oxygen atoms in total. The summed E-state index contributed by atoms with van der Waals surface area (Å²) in [6, 6.07) is 15.3. The number of aromatic carboxylic acids is 1. The van der Waals surface area contributed by atoms with E-state index in [4.69, 9.17) is 0 Å². The Hall–Kier alpha value is -3.48. The Morgan fingerprint density at radius 3 is 2.35 bits per heavy atom. The first-order valence-corrected chi connectivity index (χ1v) is 8.03. The highest BCUT2D eigenvalue weighted by molar-refractivity contribution is 6.00. The molecule has 0 aliphatic heterocycles. The molecule has 0 saturated carbocycles. The summed E-state index contributed by atoms with van der Waals surface area (Å²) in [5.74, 6) is -1.96. The molecule has 0 fully saturated rings. The zero-order valence-corrected chi connectivity index (χ0v) is 14.0. The minimum atomic E-state index is -1.51. The minimum absolute atomic E-state index is 0.172. The lowest BCUT2D eigenvalue weighted by Crippen LogP contribution is -2.37. The fourth-order valence-corrected chi connectivity index (χ4v) is 2.74. The molecule has 0 saturated heterocycles. The fraction of sp³-hybridized carbons (Fsp3) is 0.158. The van der Waals surface area contributed by atoms with Crippen LogP contribution >= 0.6 is 0 Å². The number of nitrogens with zero attached hydrogens (tertiary/aromatic N) is 2. The summed E-state index contributed by atoms with van der Waals surface area (Å²) in [7, 11) is 0. The third kappa shape index (κ3) is 3.46. The average molecular weight is 350 g/mol. The second kappa shape index (κ2) is 7.18. The van der Waals surface area contributed by atoms with Gasteiger partial charge >= 0.3 is 0 Å². The third-order valence-electron chi connectivity index (χ3n) is 4.03. The molecule has 1 N–H and O–H groups in total. The number of carboxylic acid groups (broad SMARTS) is 1. The number of carbonyl (C=O) groups excluding carboxylic acids is 2. The first kappa shape index (κ1) is 17.3. The van der Waals surface area contributed by atoms with Gasteiger partial charge in [0.2, 0.25) is 5.91 Å². The highest BCUT2D eigenvalue weighted by atomic mass is 16.4. The van der Waals surface area contributed by atoms with E-state index in [-0.39, 0.29) is 29.1 Å². The molecule has 1 atom stereocenters. The van der Waals surface area contributed by atoms with Crippen LogP contribution in [0.4, 0.5) is 0 Å². The summed E-state index contributed by atoms with van der Waals surface area (Å²) in [5, 5.41) is 18.3. The number of amides is 1. The molecule has 0 bridgehead atoms. The van der Waals surface area contributed by atoms with Crippen LogP contribution in [0.5, 0.6) is 0 Å². The summed E-state index contributed by atoms with van der Waals surface area (Å²) in [5.41, 5.74) is 0.00677. The van der Waals surface area contributed by atoms with E-state index in [1.54, 1.807) is 12.1 Å². The van der Waals surface area contributed by atoms with Crippen molar-refractivity contribution in [2.24, 2.45) is 0 Å². The first-order valence-electron chi connectivity index (χ1n) is 8.03. The highest BCUT2D eigenvalue weighted by Crippen LogP contribution is 2.13. The second-order valence-corrected chi connectivity index (χ2v) is 5.84. The monoisotopic (exact) mass is 350 g/mol. The zero-order chi connectivity index (χ0) is 18.7. The van der Waals surface area contributed by atoms with Crippen molar-refractivity contribution in [3.8, 4) is 0 Å². The number of rotatable bonds is 5. The summed E-state index contributed by atoms with van der Waals surface area (Å²) < 4.78 is 0.848. The number of benzene rings is 2. The van der Waals surface area contributed by atoms with Gasteiger partial charge in [0, 0.05) is 5.39 Å². The molecule has 1 amide bonds. The predicted octanol–water partition coefficient (Wildman–Crippen LogP) is 0.637. The van der Waals surface area contributed by atoms with Crippen molar-refractivity contribution in [2.75, 3.05) is 0 Å². The molecular formula is C19H16N3O4-. The average Bonchev–Trinajstić information content (AvgIpc) is 2.64. The summed E-state index contributed by atoms with van der Waals surface area (Å²) >= 11 is 0. The van der Waals surface area contributed by atoms with Gasteiger partial charge in [-0.15, -0.1) is 0 Å². The van der Waals surface area contributed by atoms with E-state index in [0.29, 0.717) is 0 Å². The number of nitrogens with one attached hydrogen (secondary N) is 1. The summed E-state index contributed by atoms with van der Waals surface area (Å²) in [4.78, 5) is 36.1. The Balaban J connectivity index is 1.89. The molecule has 3 aromatic rings. The van der Waals surface area contributed by atoms with Crippen LogP contribution in [-0.2, 0) is 11.3 Å². The van der Waals surface area contributed by atoms with Crippen LogP contribution < -0.4 is 16.0 Å². The fourth-order valence-electron chi connectivity index (χ4n) is 2.74. The Kier molecular flexibility index (Phi) is 4.79. The lowest BCUT2D eigenvalue weighted by molar-refractivity contribution is -0.255. The molecule has 1 heterocycles. The first-order chi connectivity index (χ1) is 12.5. The third-order valence-corrected chi connectivity index (χ3v) is 4.03. The van der Waals surface area contributed by atoms with Crippen LogP contribution in [-0.4, -0.2) is 21.7 Å². The number of hydrogen-bond acceptors (Lipinski definition) is 5. The molecule has 0 unspecified atom stereocenters. The van der Waals surface area contributed by atoms with E-state index >= 15 is 0 Å². The molecule has 3 rings (SSSR count). The number of hydrogen-bond donors (Lipinski definition) is 1. The number of carboxylic acids is 1. The van der Waals surface area contributed by atoms with Gasteiger partial charge in [0.25, 0.3) is 5.56 Å². The van der Waals surface area contributed by atoms with Gasteiger partial charge in [-0.25, -0.2) is 4.68 Å². The maximum absolute atomic E-state index is 12.5. The van der Waals surface area contributed by atoms with E-state index in [9.17, 15) is 19.5 Å². The number of fused-ring (bicyclic) bond motifs is 1. The van der Waals surface area contributed by atoms with Crippen molar-refractivity contribution in [2.45, 2.75) is 19.5 Å². The van der Waals surface area contributed by atoms with Gasteiger partial charge < -0.3 is 15.2 Å². The summed E-state index contributed by atoms with van der Waals surface area (Å²) in [6.07, 6.45) is 0. The Morgan fingerprint density at radius 2 is 1.69 bits per heavy atom. The number of aromatic nitrogens is 2. The van der Waals surface area contributed by atoms with Crippen molar-refractivity contribution in [1.82, 2.24) is 15.1 Å². The Labute approximate surface area is 148 Å².